The van der Waals surface area contributed by atoms with Gasteiger partial charge in [-0.15, -0.1) is 11.3 Å². The first-order valence-corrected chi connectivity index (χ1v) is 10.9. The van der Waals surface area contributed by atoms with Crippen LogP contribution in [0.3, 0.4) is 0 Å². The molecule has 0 saturated heterocycles. The number of ether oxygens (including phenoxy) is 1. The summed E-state index contributed by atoms with van der Waals surface area (Å²) in [6, 6.07) is 5.71. The number of aromatic nitrogens is 2. The van der Waals surface area contributed by atoms with Gasteiger partial charge in [0.15, 0.2) is 6.61 Å². The van der Waals surface area contributed by atoms with E-state index in [9.17, 15) is 9.59 Å². The van der Waals surface area contributed by atoms with Crippen molar-refractivity contribution in [1.29, 1.82) is 0 Å². The van der Waals surface area contributed by atoms with Crippen molar-refractivity contribution < 1.29 is 14.3 Å². The zero-order valence-electron chi connectivity index (χ0n) is 17.1. The Balaban J connectivity index is 1.33. The lowest BCUT2D eigenvalue weighted by Gasteiger charge is -2.12. The minimum absolute atomic E-state index is 0.122. The molecule has 30 heavy (non-hydrogen) atoms. The van der Waals surface area contributed by atoms with E-state index in [1.165, 1.54) is 23.2 Å². The van der Waals surface area contributed by atoms with Gasteiger partial charge in [0.05, 0.1) is 11.9 Å². The van der Waals surface area contributed by atoms with Crippen LogP contribution in [0.1, 0.15) is 34.4 Å². The second-order valence-corrected chi connectivity index (χ2v) is 8.51. The van der Waals surface area contributed by atoms with E-state index in [0.29, 0.717) is 5.88 Å². The molecule has 0 saturated carbocycles. The van der Waals surface area contributed by atoms with E-state index in [1.807, 2.05) is 32.0 Å². The molecule has 7 nitrogen and oxygen atoms in total. The number of carbonyl (C=O) groups is 2. The van der Waals surface area contributed by atoms with E-state index in [4.69, 9.17) is 4.74 Å². The number of thiophene rings is 1. The van der Waals surface area contributed by atoms with E-state index in [-0.39, 0.29) is 25.0 Å². The molecule has 8 heteroatoms. The third-order valence-corrected chi connectivity index (χ3v) is 6.58. The number of aryl methyl sites for hydroxylation is 3. The normalized spacial score (nSPS) is 13.0. The molecule has 0 fully saturated rings. The van der Waals surface area contributed by atoms with Gasteiger partial charge in [0, 0.05) is 10.6 Å². The Morgan fingerprint density at radius 1 is 1.13 bits per heavy atom. The first-order chi connectivity index (χ1) is 14.5. The molecule has 4 rings (SSSR count). The molecule has 0 radical (unpaired) electrons. The van der Waals surface area contributed by atoms with Crippen molar-refractivity contribution >= 4 is 39.1 Å². The Morgan fingerprint density at radius 3 is 2.83 bits per heavy atom. The third-order valence-electron chi connectivity index (χ3n) is 5.38. The van der Waals surface area contributed by atoms with Crippen molar-refractivity contribution in [3.05, 3.63) is 46.1 Å². The van der Waals surface area contributed by atoms with Gasteiger partial charge in [-0.3, -0.25) is 9.59 Å². The molecule has 156 valence electrons. The van der Waals surface area contributed by atoms with Crippen molar-refractivity contribution in [1.82, 2.24) is 15.3 Å². The van der Waals surface area contributed by atoms with Gasteiger partial charge in [-0.05, 0) is 62.3 Å². The summed E-state index contributed by atoms with van der Waals surface area (Å²) >= 11 is 1.68. The number of fused-ring (bicyclic) bond motifs is 3. The predicted octanol–water partition coefficient (Wildman–Crippen LogP) is 3.32. The molecular formula is C22H24N4O3S. The summed E-state index contributed by atoms with van der Waals surface area (Å²) in [6.45, 7) is 3.61. The van der Waals surface area contributed by atoms with E-state index < -0.39 is 0 Å². The van der Waals surface area contributed by atoms with Gasteiger partial charge in [0.25, 0.3) is 5.91 Å². The van der Waals surface area contributed by atoms with Crippen LogP contribution in [-0.4, -0.2) is 34.9 Å². The van der Waals surface area contributed by atoms with Gasteiger partial charge < -0.3 is 15.4 Å². The van der Waals surface area contributed by atoms with Crippen LogP contribution in [-0.2, 0) is 22.4 Å². The van der Waals surface area contributed by atoms with Gasteiger partial charge in [-0.2, -0.15) is 0 Å². The Bertz CT molecular complexity index is 1110. The van der Waals surface area contributed by atoms with Crippen LogP contribution < -0.4 is 15.4 Å². The van der Waals surface area contributed by atoms with E-state index in [2.05, 4.69) is 20.6 Å². The zero-order chi connectivity index (χ0) is 21.1. The molecule has 3 aromatic rings. The van der Waals surface area contributed by atoms with Gasteiger partial charge in [-0.25, -0.2) is 9.97 Å². The summed E-state index contributed by atoms with van der Waals surface area (Å²) in [6.07, 6.45) is 5.85. The van der Waals surface area contributed by atoms with E-state index in [1.54, 1.807) is 11.3 Å². The summed E-state index contributed by atoms with van der Waals surface area (Å²) in [4.78, 5) is 35.2. The van der Waals surface area contributed by atoms with E-state index in [0.717, 1.165) is 46.3 Å². The maximum atomic E-state index is 12.2. The van der Waals surface area contributed by atoms with Crippen LogP contribution in [0.5, 0.6) is 5.88 Å². The van der Waals surface area contributed by atoms with Crippen LogP contribution in [0.15, 0.2) is 24.5 Å². The Morgan fingerprint density at radius 2 is 1.97 bits per heavy atom. The number of rotatable bonds is 6. The summed E-state index contributed by atoms with van der Waals surface area (Å²) in [7, 11) is 0. The number of anilines is 1. The van der Waals surface area contributed by atoms with Crippen LogP contribution in [0.2, 0.25) is 0 Å². The number of hydrogen-bond acceptors (Lipinski definition) is 6. The maximum absolute atomic E-state index is 12.2. The minimum Gasteiger partial charge on any atom is -0.467 e. The van der Waals surface area contributed by atoms with Crippen LogP contribution in [0.4, 0.5) is 5.69 Å². The second kappa shape index (κ2) is 8.79. The van der Waals surface area contributed by atoms with Crippen molar-refractivity contribution in [3.8, 4) is 5.88 Å². The number of nitrogens with one attached hydrogen (secondary N) is 2. The molecule has 2 N–H and O–H groups in total. The summed E-state index contributed by atoms with van der Waals surface area (Å²) in [5.41, 5.74) is 4.10. The molecule has 0 aliphatic heterocycles. The lowest BCUT2D eigenvalue weighted by Crippen LogP contribution is -2.36. The smallest absolute Gasteiger partial charge is 0.258 e. The van der Waals surface area contributed by atoms with Gasteiger partial charge in [-0.1, -0.05) is 12.1 Å². The second-order valence-electron chi connectivity index (χ2n) is 7.43. The first kappa shape index (κ1) is 20.3. The summed E-state index contributed by atoms with van der Waals surface area (Å²) < 4.78 is 5.70. The van der Waals surface area contributed by atoms with Gasteiger partial charge >= 0.3 is 0 Å². The average molecular weight is 425 g/mol. The Hall–Kier alpha value is -3.00. The molecule has 1 aromatic carbocycles. The van der Waals surface area contributed by atoms with Gasteiger partial charge in [0.2, 0.25) is 11.8 Å². The van der Waals surface area contributed by atoms with Crippen molar-refractivity contribution in [2.75, 3.05) is 18.5 Å². The molecule has 1 aliphatic carbocycles. The van der Waals surface area contributed by atoms with Crippen LogP contribution >= 0.6 is 11.3 Å². The number of nitrogens with zero attached hydrogens (tertiary/aromatic N) is 2. The standard InChI is InChI=1S/C22H24N4O3S/c1-13-6-5-8-16(14(13)2)26-18(27)10-23-19(28)11-29-21-20-15-7-3-4-9-17(15)30-22(20)25-12-24-21/h5-6,8,12H,3-4,7,9-11H2,1-2H3,(H,23,28)(H,26,27). The summed E-state index contributed by atoms with van der Waals surface area (Å²) in [5, 5.41) is 6.34. The molecule has 0 spiro atoms. The van der Waals surface area contributed by atoms with Crippen molar-refractivity contribution in [2.24, 2.45) is 0 Å². The van der Waals surface area contributed by atoms with Gasteiger partial charge in [0.1, 0.15) is 11.2 Å². The highest BCUT2D eigenvalue weighted by Crippen LogP contribution is 2.38. The number of amides is 2. The van der Waals surface area contributed by atoms with E-state index >= 15 is 0 Å². The lowest BCUT2D eigenvalue weighted by atomic mass is 9.97. The molecule has 2 amide bonds. The Labute approximate surface area is 178 Å². The fraction of sp³-hybridized carbons (Fsp3) is 0.364. The summed E-state index contributed by atoms with van der Waals surface area (Å²) in [5.74, 6) is -0.218. The minimum atomic E-state index is -0.373. The maximum Gasteiger partial charge on any atom is 0.258 e. The predicted molar refractivity (Wildman–Crippen MR) is 117 cm³/mol. The number of carbonyl (C=O) groups excluding carboxylic acids is 2. The molecular weight excluding hydrogens is 400 g/mol. The number of hydrogen-bond donors (Lipinski definition) is 2. The van der Waals surface area contributed by atoms with Crippen LogP contribution in [0, 0.1) is 13.8 Å². The molecule has 2 aromatic heterocycles. The molecule has 1 aliphatic rings. The fourth-order valence-electron chi connectivity index (χ4n) is 3.62. The molecule has 0 unspecified atom stereocenters. The van der Waals surface area contributed by atoms with Crippen LogP contribution in [0.25, 0.3) is 10.2 Å². The highest BCUT2D eigenvalue weighted by molar-refractivity contribution is 7.18. The highest BCUT2D eigenvalue weighted by Gasteiger charge is 2.21. The molecule has 0 bridgehead atoms. The third kappa shape index (κ3) is 4.28. The monoisotopic (exact) mass is 424 g/mol. The average Bonchev–Trinajstić information content (AvgIpc) is 3.13. The first-order valence-electron chi connectivity index (χ1n) is 10.0. The zero-order valence-corrected chi connectivity index (χ0v) is 17.9. The molecule has 2 heterocycles. The fourth-order valence-corrected chi connectivity index (χ4v) is 4.83. The highest BCUT2D eigenvalue weighted by atomic mass is 32.1. The quantitative estimate of drug-likeness (QED) is 0.633. The Kier molecular flexibility index (Phi) is 5.94. The SMILES string of the molecule is Cc1cccc(NC(=O)CNC(=O)COc2ncnc3sc4c(c23)CCCC4)c1C. The lowest BCUT2D eigenvalue weighted by molar-refractivity contribution is -0.125. The largest absolute Gasteiger partial charge is 0.467 e. The number of benzene rings is 1. The molecule has 0 atom stereocenters. The topological polar surface area (TPSA) is 93.2 Å². The van der Waals surface area contributed by atoms with Crippen molar-refractivity contribution in [3.63, 3.8) is 0 Å². The van der Waals surface area contributed by atoms with Crippen molar-refractivity contribution in [2.45, 2.75) is 39.5 Å².